The Labute approximate surface area is 114 Å². The molecule has 0 aromatic carbocycles. The molecule has 1 aromatic heterocycles. The molecule has 0 saturated carbocycles. The molecule has 0 N–H and O–H groups in total. The highest BCUT2D eigenvalue weighted by atomic mass is 32.2. The summed E-state index contributed by atoms with van der Waals surface area (Å²) in [6.45, 7) is 7.70. The van der Waals surface area contributed by atoms with Gasteiger partial charge in [-0.15, -0.1) is 5.10 Å². The fourth-order valence-corrected chi connectivity index (χ4v) is 3.01. The van der Waals surface area contributed by atoms with Gasteiger partial charge in [-0.1, -0.05) is 38.1 Å². The second-order valence-electron chi connectivity index (χ2n) is 5.85. The van der Waals surface area contributed by atoms with Crippen molar-refractivity contribution < 1.29 is 0 Å². The van der Waals surface area contributed by atoms with E-state index in [4.69, 9.17) is 0 Å². The second kappa shape index (κ2) is 5.91. The van der Waals surface area contributed by atoms with Crippen molar-refractivity contribution in [2.75, 3.05) is 5.75 Å². The van der Waals surface area contributed by atoms with E-state index in [1.807, 2.05) is 16.4 Å². The van der Waals surface area contributed by atoms with Crippen molar-refractivity contribution in [3.8, 4) is 0 Å². The lowest BCUT2D eigenvalue weighted by atomic mass is 9.92. The topological polar surface area (TPSA) is 30.7 Å². The Kier molecular flexibility index (Phi) is 4.49. The number of allylic oxidation sites excluding steroid dienone is 2. The van der Waals surface area contributed by atoms with Crippen molar-refractivity contribution in [3.05, 3.63) is 24.0 Å². The number of thioether (sulfide) groups is 1. The zero-order chi connectivity index (χ0) is 13.0. The van der Waals surface area contributed by atoms with Crippen LogP contribution in [0.5, 0.6) is 0 Å². The van der Waals surface area contributed by atoms with Gasteiger partial charge in [-0.25, -0.2) is 0 Å². The third-order valence-electron chi connectivity index (χ3n) is 3.10. The zero-order valence-corrected chi connectivity index (χ0v) is 12.4. The smallest absolute Gasteiger partial charge is 0.0861 e. The fraction of sp³-hybridized carbons (Fsp3) is 0.714. The van der Waals surface area contributed by atoms with Gasteiger partial charge in [0.2, 0.25) is 0 Å². The van der Waals surface area contributed by atoms with Gasteiger partial charge in [-0.05, 0) is 19.3 Å². The molecule has 1 heterocycles. The van der Waals surface area contributed by atoms with E-state index >= 15 is 0 Å². The van der Waals surface area contributed by atoms with Crippen LogP contribution in [-0.4, -0.2) is 25.5 Å². The highest BCUT2D eigenvalue weighted by Crippen LogP contribution is 2.27. The van der Waals surface area contributed by atoms with Gasteiger partial charge in [0.25, 0.3) is 0 Å². The Morgan fingerprint density at radius 3 is 2.89 bits per heavy atom. The molecular weight excluding hydrogens is 242 g/mol. The molecule has 18 heavy (non-hydrogen) atoms. The standard InChI is InChI=1S/C14H23N3S/c1-14(2,3)18-10-9-17-11-13(15-16-17)12-7-5-4-6-8-12/h4-5,11-12H,6-10H2,1-3H3/t12-/m1/s1. The summed E-state index contributed by atoms with van der Waals surface area (Å²) in [7, 11) is 0. The van der Waals surface area contributed by atoms with Crippen LogP contribution in [0.3, 0.4) is 0 Å². The summed E-state index contributed by atoms with van der Waals surface area (Å²) in [6.07, 6.45) is 10.2. The molecule has 0 aliphatic heterocycles. The maximum absolute atomic E-state index is 4.32. The van der Waals surface area contributed by atoms with Gasteiger partial charge in [0, 0.05) is 22.6 Å². The largest absolute Gasteiger partial charge is 0.251 e. The van der Waals surface area contributed by atoms with Crippen LogP contribution in [0.15, 0.2) is 18.3 Å². The minimum Gasteiger partial charge on any atom is -0.251 e. The minimum absolute atomic E-state index is 0.331. The summed E-state index contributed by atoms with van der Waals surface area (Å²) in [5.41, 5.74) is 1.17. The molecule has 1 aliphatic carbocycles. The average Bonchev–Trinajstić information content (AvgIpc) is 2.77. The van der Waals surface area contributed by atoms with Crippen LogP contribution in [0.25, 0.3) is 0 Å². The first-order chi connectivity index (χ1) is 8.54. The molecular formula is C14H23N3S. The number of aryl methyl sites for hydroxylation is 1. The monoisotopic (exact) mass is 265 g/mol. The predicted molar refractivity (Wildman–Crippen MR) is 78.0 cm³/mol. The Bertz CT molecular complexity index is 403. The first-order valence-corrected chi connectivity index (χ1v) is 7.72. The highest BCUT2D eigenvalue weighted by Gasteiger charge is 2.16. The Morgan fingerprint density at radius 2 is 2.22 bits per heavy atom. The van der Waals surface area contributed by atoms with Crippen molar-refractivity contribution >= 4 is 11.8 Å². The first kappa shape index (κ1) is 13.7. The van der Waals surface area contributed by atoms with E-state index in [0.717, 1.165) is 18.7 Å². The van der Waals surface area contributed by atoms with Crippen LogP contribution >= 0.6 is 11.8 Å². The van der Waals surface area contributed by atoms with Crippen LogP contribution < -0.4 is 0 Å². The van der Waals surface area contributed by atoms with Gasteiger partial charge in [0.05, 0.1) is 12.2 Å². The lowest BCUT2D eigenvalue weighted by Crippen LogP contribution is -2.11. The van der Waals surface area contributed by atoms with Crippen molar-refractivity contribution in [1.82, 2.24) is 15.0 Å². The summed E-state index contributed by atoms with van der Waals surface area (Å²) in [5.74, 6) is 1.68. The lowest BCUT2D eigenvalue weighted by Gasteiger charge is -2.17. The Morgan fingerprint density at radius 1 is 1.39 bits per heavy atom. The molecule has 3 nitrogen and oxygen atoms in total. The van der Waals surface area contributed by atoms with E-state index < -0.39 is 0 Å². The van der Waals surface area contributed by atoms with Crippen LogP contribution in [0.1, 0.15) is 51.6 Å². The molecule has 4 heteroatoms. The number of hydrogen-bond acceptors (Lipinski definition) is 3. The van der Waals surface area contributed by atoms with Gasteiger partial charge in [0.15, 0.2) is 0 Å². The van der Waals surface area contributed by atoms with E-state index in [1.54, 1.807) is 0 Å². The van der Waals surface area contributed by atoms with Crippen molar-refractivity contribution in [3.63, 3.8) is 0 Å². The fourth-order valence-electron chi connectivity index (χ4n) is 2.12. The minimum atomic E-state index is 0.331. The SMILES string of the molecule is CC(C)(C)SCCn1cc([C@@H]2CC=CCC2)nn1. The zero-order valence-electron chi connectivity index (χ0n) is 11.6. The van der Waals surface area contributed by atoms with Gasteiger partial charge in [0.1, 0.15) is 0 Å². The maximum atomic E-state index is 4.32. The first-order valence-electron chi connectivity index (χ1n) is 6.73. The average molecular weight is 265 g/mol. The third kappa shape index (κ3) is 4.16. The highest BCUT2D eigenvalue weighted by molar-refractivity contribution is 8.00. The molecule has 100 valence electrons. The van der Waals surface area contributed by atoms with E-state index in [9.17, 15) is 0 Å². The molecule has 0 spiro atoms. The number of nitrogens with zero attached hydrogens (tertiary/aromatic N) is 3. The van der Waals surface area contributed by atoms with E-state index in [1.165, 1.54) is 18.5 Å². The lowest BCUT2D eigenvalue weighted by molar-refractivity contribution is 0.597. The van der Waals surface area contributed by atoms with Crippen LogP contribution in [0.2, 0.25) is 0 Å². The van der Waals surface area contributed by atoms with E-state index in [-0.39, 0.29) is 0 Å². The van der Waals surface area contributed by atoms with Crippen LogP contribution in [-0.2, 0) is 6.54 Å². The number of hydrogen-bond donors (Lipinski definition) is 0. The summed E-state index contributed by atoms with van der Waals surface area (Å²) in [5, 5.41) is 8.56. The maximum Gasteiger partial charge on any atom is 0.0861 e. The summed E-state index contributed by atoms with van der Waals surface area (Å²) < 4.78 is 2.32. The third-order valence-corrected chi connectivity index (χ3v) is 4.35. The molecule has 0 bridgehead atoms. The quantitative estimate of drug-likeness (QED) is 0.779. The Hall–Kier alpha value is -0.770. The van der Waals surface area contributed by atoms with Crippen molar-refractivity contribution in [2.24, 2.45) is 0 Å². The van der Waals surface area contributed by atoms with Crippen LogP contribution in [0, 0.1) is 0 Å². The van der Waals surface area contributed by atoms with Gasteiger partial charge in [-0.2, -0.15) is 11.8 Å². The molecule has 1 atom stereocenters. The molecule has 0 fully saturated rings. The predicted octanol–water partition coefficient (Wildman–Crippen LogP) is 3.63. The molecule has 2 rings (SSSR count). The summed E-state index contributed by atoms with van der Waals surface area (Å²) in [4.78, 5) is 0. The molecule has 0 radical (unpaired) electrons. The molecule has 1 aromatic rings. The number of aromatic nitrogens is 3. The van der Waals surface area contributed by atoms with Gasteiger partial charge >= 0.3 is 0 Å². The molecule has 1 aliphatic rings. The normalized spacial score (nSPS) is 20.3. The van der Waals surface area contributed by atoms with Crippen molar-refractivity contribution in [1.29, 1.82) is 0 Å². The summed E-state index contributed by atoms with van der Waals surface area (Å²) >= 11 is 1.97. The number of rotatable bonds is 4. The Balaban J connectivity index is 1.84. The molecule has 0 unspecified atom stereocenters. The molecule has 0 saturated heterocycles. The van der Waals surface area contributed by atoms with Gasteiger partial charge < -0.3 is 0 Å². The second-order valence-corrected chi connectivity index (χ2v) is 7.77. The van der Waals surface area contributed by atoms with Crippen molar-refractivity contribution in [2.45, 2.75) is 57.2 Å². The van der Waals surface area contributed by atoms with E-state index in [0.29, 0.717) is 10.7 Å². The van der Waals surface area contributed by atoms with E-state index in [2.05, 4.69) is 49.4 Å². The molecule has 0 amide bonds. The summed E-state index contributed by atoms with van der Waals surface area (Å²) in [6, 6.07) is 0. The van der Waals surface area contributed by atoms with Gasteiger partial charge in [-0.3, -0.25) is 4.68 Å². The van der Waals surface area contributed by atoms with Crippen LogP contribution in [0.4, 0.5) is 0 Å².